The number of carbonyl (C=O) groups excluding carboxylic acids is 2. The van der Waals surface area contributed by atoms with Crippen LogP contribution in [0.1, 0.15) is 53.9 Å². The van der Waals surface area contributed by atoms with Gasteiger partial charge in [0.15, 0.2) is 0 Å². The van der Waals surface area contributed by atoms with E-state index >= 15 is 0 Å². The minimum atomic E-state index is -0.388. The van der Waals surface area contributed by atoms with Gasteiger partial charge in [0, 0.05) is 16.6 Å². The van der Waals surface area contributed by atoms with Crippen LogP contribution in [-0.4, -0.2) is 18.0 Å². The van der Waals surface area contributed by atoms with E-state index in [2.05, 4.69) is 33.9 Å². The molecule has 3 rings (SSSR count). The molecule has 2 bridgehead atoms. The van der Waals surface area contributed by atoms with Crippen LogP contribution in [0, 0.1) is 16.7 Å². The normalized spacial score (nSPS) is 26.6. The summed E-state index contributed by atoms with van der Waals surface area (Å²) in [4.78, 5) is 22.6. The molecule has 4 heteroatoms. The van der Waals surface area contributed by atoms with Gasteiger partial charge < -0.3 is 9.47 Å². The molecule has 0 heterocycles. The summed E-state index contributed by atoms with van der Waals surface area (Å²) in [5, 5.41) is 0. The molecule has 2 saturated carbocycles. The topological polar surface area (TPSA) is 52.6 Å². The third-order valence-electron chi connectivity index (χ3n) is 6.61. The van der Waals surface area contributed by atoms with Gasteiger partial charge in [0.2, 0.25) is 0 Å². The highest BCUT2D eigenvalue weighted by Crippen LogP contribution is 2.66. The second-order valence-electron chi connectivity index (χ2n) is 8.77. The molecular formula is C24H32O4. The summed E-state index contributed by atoms with van der Waals surface area (Å²) in [5.41, 5.74) is 1.36. The summed E-state index contributed by atoms with van der Waals surface area (Å²) in [6.07, 6.45) is 3.58. The molecule has 0 aromatic heterocycles. The van der Waals surface area contributed by atoms with E-state index in [0.29, 0.717) is 28.2 Å². The van der Waals surface area contributed by atoms with Crippen LogP contribution in [0.4, 0.5) is 0 Å². The molecule has 0 aliphatic heterocycles. The lowest BCUT2D eigenvalue weighted by molar-refractivity contribution is -0.151. The molecule has 1 aromatic rings. The highest BCUT2D eigenvalue weighted by molar-refractivity contribution is 5.88. The van der Waals surface area contributed by atoms with Crippen LogP contribution in [-0.2, 0) is 14.3 Å². The first-order valence-electron chi connectivity index (χ1n) is 9.78. The largest absolute Gasteiger partial charge is 0.458 e. The Kier molecular flexibility index (Phi) is 6.53. The first-order valence-corrected chi connectivity index (χ1v) is 9.78. The van der Waals surface area contributed by atoms with Gasteiger partial charge in [-0.3, -0.25) is 0 Å². The summed E-state index contributed by atoms with van der Waals surface area (Å²) >= 11 is 0. The number of hydrogen-bond donors (Lipinski definition) is 0. The van der Waals surface area contributed by atoms with Crippen molar-refractivity contribution in [2.45, 2.75) is 60.0 Å². The molecule has 0 amide bonds. The first-order chi connectivity index (χ1) is 13.0. The molecule has 0 saturated heterocycles. The average molecular weight is 385 g/mol. The Labute approximate surface area is 168 Å². The standard InChI is InChI=1S/C14H22O2.C10H10O2/c1-9(2)12(15)16-11-8-10-6-7-14(11,5)13(10,3)4;1-8(2)10(11)12-9-6-4-3-5-7-9/h10-11H,1,6-8H2,2-5H3;3-7H,1H2,2H3. The SMILES string of the molecule is C=C(C)C(=O)OC1CC2CCC1(C)C2(C)C.C=C(C)C(=O)Oc1ccccc1. The number of para-hydroxylation sites is 1. The van der Waals surface area contributed by atoms with E-state index in [4.69, 9.17) is 9.47 Å². The van der Waals surface area contributed by atoms with Gasteiger partial charge in [-0.25, -0.2) is 9.59 Å². The fourth-order valence-electron chi connectivity index (χ4n) is 4.22. The number of fused-ring (bicyclic) bond motifs is 2. The molecule has 2 fully saturated rings. The fourth-order valence-corrected chi connectivity index (χ4v) is 4.22. The summed E-state index contributed by atoms with van der Waals surface area (Å²) in [7, 11) is 0. The first kappa shape index (κ1) is 21.9. The fraction of sp³-hybridized carbons (Fsp3) is 0.500. The lowest BCUT2D eigenvalue weighted by Crippen LogP contribution is -2.38. The predicted octanol–water partition coefficient (Wildman–Crippen LogP) is 5.49. The predicted molar refractivity (Wildman–Crippen MR) is 111 cm³/mol. The van der Waals surface area contributed by atoms with Crippen LogP contribution >= 0.6 is 0 Å². The number of benzene rings is 1. The number of carbonyl (C=O) groups is 2. The van der Waals surface area contributed by atoms with Crippen molar-refractivity contribution in [1.82, 2.24) is 0 Å². The zero-order chi connectivity index (χ0) is 21.1. The van der Waals surface area contributed by atoms with Crippen molar-refractivity contribution in [2.24, 2.45) is 16.7 Å². The van der Waals surface area contributed by atoms with Crippen molar-refractivity contribution in [3.8, 4) is 5.75 Å². The second-order valence-corrected chi connectivity index (χ2v) is 8.77. The number of ether oxygens (including phenoxy) is 2. The molecule has 3 unspecified atom stereocenters. The smallest absolute Gasteiger partial charge is 0.338 e. The van der Waals surface area contributed by atoms with E-state index in [1.165, 1.54) is 12.8 Å². The van der Waals surface area contributed by atoms with Gasteiger partial charge >= 0.3 is 11.9 Å². The van der Waals surface area contributed by atoms with Crippen molar-refractivity contribution in [1.29, 1.82) is 0 Å². The molecular weight excluding hydrogens is 352 g/mol. The third kappa shape index (κ3) is 4.37. The minimum absolute atomic E-state index is 0.0884. The highest BCUT2D eigenvalue weighted by atomic mass is 16.5. The van der Waals surface area contributed by atoms with Crippen molar-refractivity contribution in [3.63, 3.8) is 0 Å². The zero-order valence-electron chi connectivity index (χ0n) is 17.7. The summed E-state index contributed by atoms with van der Waals surface area (Å²) < 4.78 is 10.5. The molecule has 28 heavy (non-hydrogen) atoms. The maximum atomic E-state index is 11.6. The lowest BCUT2D eigenvalue weighted by atomic mass is 9.70. The van der Waals surface area contributed by atoms with Gasteiger partial charge in [-0.05, 0) is 56.6 Å². The molecule has 1 aromatic carbocycles. The van der Waals surface area contributed by atoms with E-state index in [1.807, 2.05) is 6.07 Å². The quantitative estimate of drug-likeness (QED) is 0.391. The Bertz CT molecular complexity index is 762. The Morgan fingerprint density at radius 2 is 1.57 bits per heavy atom. The minimum Gasteiger partial charge on any atom is -0.458 e. The Morgan fingerprint density at radius 3 is 2.00 bits per heavy atom. The van der Waals surface area contributed by atoms with E-state index in [1.54, 1.807) is 38.1 Å². The Morgan fingerprint density at radius 1 is 1.00 bits per heavy atom. The Balaban J connectivity index is 0.000000209. The summed E-state index contributed by atoms with van der Waals surface area (Å²) in [5.74, 6) is 0.640. The molecule has 2 aliphatic rings. The molecule has 4 nitrogen and oxygen atoms in total. The van der Waals surface area contributed by atoms with Crippen LogP contribution in [0.25, 0.3) is 0 Å². The monoisotopic (exact) mass is 384 g/mol. The van der Waals surface area contributed by atoms with Crippen LogP contribution in [0.3, 0.4) is 0 Å². The molecule has 0 spiro atoms. The molecule has 0 radical (unpaired) electrons. The van der Waals surface area contributed by atoms with E-state index < -0.39 is 0 Å². The van der Waals surface area contributed by atoms with Gasteiger partial charge in [-0.15, -0.1) is 0 Å². The second kappa shape index (κ2) is 8.34. The van der Waals surface area contributed by atoms with Gasteiger partial charge in [-0.2, -0.15) is 0 Å². The van der Waals surface area contributed by atoms with E-state index in [9.17, 15) is 9.59 Å². The maximum absolute atomic E-state index is 11.6. The van der Waals surface area contributed by atoms with Gasteiger partial charge in [0.1, 0.15) is 11.9 Å². The van der Waals surface area contributed by atoms with Crippen molar-refractivity contribution in [2.75, 3.05) is 0 Å². The van der Waals surface area contributed by atoms with Gasteiger partial charge in [0.25, 0.3) is 0 Å². The average Bonchev–Trinajstić information content (AvgIpc) is 2.96. The van der Waals surface area contributed by atoms with E-state index in [-0.39, 0.29) is 23.5 Å². The van der Waals surface area contributed by atoms with Crippen molar-refractivity contribution >= 4 is 11.9 Å². The molecule has 152 valence electrons. The van der Waals surface area contributed by atoms with Crippen LogP contribution < -0.4 is 4.74 Å². The number of rotatable bonds is 4. The molecule has 0 N–H and O–H groups in total. The number of esters is 2. The van der Waals surface area contributed by atoms with Crippen LogP contribution in [0.15, 0.2) is 54.6 Å². The van der Waals surface area contributed by atoms with Crippen LogP contribution in [0.5, 0.6) is 5.75 Å². The maximum Gasteiger partial charge on any atom is 0.338 e. The van der Waals surface area contributed by atoms with Crippen molar-refractivity contribution in [3.05, 3.63) is 54.6 Å². The third-order valence-corrected chi connectivity index (χ3v) is 6.61. The van der Waals surface area contributed by atoms with Crippen molar-refractivity contribution < 1.29 is 19.1 Å². The number of hydrogen-bond acceptors (Lipinski definition) is 4. The zero-order valence-corrected chi connectivity index (χ0v) is 17.7. The van der Waals surface area contributed by atoms with Gasteiger partial charge in [0.05, 0.1) is 0 Å². The Hall–Kier alpha value is -2.36. The highest BCUT2D eigenvalue weighted by Gasteiger charge is 2.62. The summed E-state index contributed by atoms with van der Waals surface area (Å²) in [6, 6.07) is 8.92. The summed E-state index contributed by atoms with van der Waals surface area (Å²) in [6.45, 7) is 17.4. The molecule has 2 aliphatic carbocycles. The molecule has 3 atom stereocenters. The lowest BCUT2D eigenvalue weighted by Gasteiger charge is -2.38. The van der Waals surface area contributed by atoms with Gasteiger partial charge in [-0.1, -0.05) is 52.1 Å². The van der Waals surface area contributed by atoms with Crippen LogP contribution in [0.2, 0.25) is 0 Å². The van der Waals surface area contributed by atoms with E-state index in [0.717, 1.165) is 6.42 Å².